The maximum Gasteiger partial charge on any atom is 0.321 e. The zero-order valence-corrected chi connectivity index (χ0v) is 21.4. The highest BCUT2D eigenvalue weighted by Gasteiger charge is 2.21. The van der Waals surface area contributed by atoms with Gasteiger partial charge >= 0.3 is 6.03 Å². The number of rotatable bonds is 5. The van der Waals surface area contributed by atoms with Crippen molar-refractivity contribution >= 4 is 34.9 Å². The topological polar surface area (TPSA) is 127 Å². The normalized spacial score (nSPS) is 12.9. The molecule has 2 N–H and O–H groups in total. The number of H-pyrrole nitrogens is 1. The number of aromatic nitrogens is 7. The van der Waals surface area contributed by atoms with Crippen LogP contribution in [0.25, 0.3) is 28.1 Å². The predicted octanol–water partition coefficient (Wildman–Crippen LogP) is 4.21. The van der Waals surface area contributed by atoms with Gasteiger partial charge < -0.3 is 19.8 Å². The van der Waals surface area contributed by atoms with Gasteiger partial charge in [-0.1, -0.05) is 29.3 Å². The fourth-order valence-electron chi connectivity index (χ4n) is 4.38. The highest BCUT2D eigenvalue weighted by Crippen LogP contribution is 2.32. The number of hydrogen-bond acceptors (Lipinski definition) is 6. The second-order valence-corrected chi connectivity index (χ2v) is 9.60. The summed E-state index contributed by atoms with van der Waals surface area (Å²) in [6.45, 7) is 0.676. The standard InChI is InChI=1S/C25H19Cl2N9O2/c1-34-11-16-8-15(2-4-19(16)29-25(34)38)23-24(27)31-21(30-23)12-35-7-6-14(9-22(35)37)18-10-17(26)3-5-20(18)36-13-28-32-33-36/h2-10,13H,11-12H2,1H3,(H,29,38)(H,30,31). The molecule has 3 aromatic heterocycles. The Labute approximate surface area is 225 Å². The lowest BCUT2D eigenvalue weighted by Crippen LogP contribution is -2.35. The molecule has 11 nitrogen and oxygen atoms in total. The molecule has 0 fully saturated rings. The van der Waals surface area contributed by atoms with Gasteiger partial charge in [0.15, 0.2) is 5.15 Å². The molecule has 0 saturated heterocycles. The molecule has 0 aliphatic carbocycles. The molecule has 6 rings (SSSR count). The minimum Gasteiger partial charge on any atom is -0.339 e. The fourth-order valence-corrected chi connectivity index (χ4v) is 4.81. The monoisotopic (exact) mass is 547 g/mol. The molecular weight excluding hydrogens is 529 g/mol. The average molecular weight is 548 g/mol. The first-order valence-electron chi connectivity index (χ1n) is 11.5. The maximum atomic E-state index is 13.0. The molecule has 1 aliphatic rings. The van der Waals surface area contributed by atoms with Crippen LogP contribution in [-0.2, 0) is 13.1 Å². The van der Waals surface area contributed by atoms with Crippen LogP contribution in [0.2, 0.25) is 10.2 Å². The first kappa shape index (κ1) is 23.9. The van der Waals surface area contributed by atoms with E-state index in [9.17, 15) is 9.59 Å². The number of anilines is 1. The first-order valence-corrected chi connectivity index (χ1v) is 12.2. The Bertz CT molecular complexity index is 1740. The number of carbonyl (C=O) groups excluding carboxylic acids is 1. The molecule has 38 heavy (non-hydrogen) atoms. The summed E-state index contributed by atoms with van der Waals surface area (Å²) in [7, 11) is 1.73. The van der Waals surface area contributed by atoms with Gasteiger partial charge in [0.25, 0.3) is 5.56 Å². The van der Waals surface area contributed by atoms with Crippen LogP contribution >= 0.6 is 23.2 Å². The molecule has 0 bridgehead atoms. The number of nitrogens with one attached hydrogen (secondary N) is 2. The van der Waals surface area contributed by atoms with E-state index in [4.69, 9.17) is 23.2 Å². The van der Waals surface area contributed by atoms with E-state index in [1.807, 2.05) is 24.3 Å². The number of nitrogens with zero attached hydrogens (tertiary/aromatic N) is 7. The summed E-state index contributed by atoms with van der Waals surface area (Å²) in [4.78, 5) is 34.2. The van der Waals surface area contributed by atoms with Crippen molar-refractivity contribution < 1.29 is 4.79 Å². The first-order chi connectivity index (χ1) is 18.4. The van der Waals surface area contributed by atoms with Gasteiger partial charge in [-0.15, -0.1) is 5.10 Å². The van der Waals surface area contributed by atoms with Gasteiger partial charge in [-0.05, 0) is 58.0 Å². The van der Waals surface area contributed by atoms with Gasteiger partial charge in [0.2, 0.25) is 0 Å². The third-order valence-corrected chi connectivity index (χ3v) is 6.79. The number of tetrazole rings is 1. The van der Waals surface area contributed by atoms with Gasteiger partial charge in [0.05, 0.1) is 17.9 Å². The number of halogens is 2. The van der Waals surface area contributed by atoms with Gasteiger partial charge in [-0.3, -0.25) is 4.79 Å². The van der Waals surface area contributed by atoms with Crippen LogP contribution in [0.1, 0.15) is 11.4 Å². The smallest absolute Gasteiger partial charge is 0.321 e. The summed E-state index contributed by atoms with van der Waals surface area (Å²) >= 11 is 12.7. The number of amides is 2. The van der Waals surface area contributed by atoms with Crippen molar-refractivity contribution in [2.75, 3.05) is 12.4 Å². The summed E-state index contributed by atoms with van der Waals surface area (Å²) in [5.41, 5.74) is 5.04. The molecule has 1 aliphatic heterocycles. The number of pyridine rings is 1. The number of imidazole rings is 1. The van der Waals surface area contributed by atoms with Crippen molar-refractivity contribution in [2.24, 2.45) is 0 Å². The van der Waals surface area contributed by atoms with Crippen LogP contribution in [0.3, 0.4) is 0 Å². The number of hydrogen-bond donors (Lipinski definition) is 2. The molecule has 0 unspecified atom stereocenters. The fraction of sp³-hybridized carbons (Fsp3) is 0.120. The van der Waals surface area contributed by atoms with Crippen LogP contribution in [-0.4, -0.2) is 52.7 Å². The Morgan fingerprint density at radius 2 is 1.89 bits per heavy atom. The van der Waals surface area contributed by atoms with Gasteiger partial charge in [-0.2, -0.15) is 4.68 Å². The van der Waals surface area contributed by atoms with E-state index in [0.29, 0.717) is 45.1 Å². The predicted molar refractivity (Wildman–Crippen MR) is 142 cm³/mol. The van der Waals surface area contributed by atoms with Gasteiger partial charge in [0, 0.05) is 47.7 Å². The van der Waals surface area contributed by atoms with E-state index in [1.54, 1.807) is 36.3 Å². The number of benzene rings is 2. The van der Waals surface area contributed by atoms with Gasteiger partial charge in [-0.25, -0.2) is 9.78 Å². The highest BCUT2D eigenvalue weighted by molar-refractivity contribution is 6.32. The van der Waals surface area contributed by atoms with Crippen molar-refractivity contribution in [3.8, 4) is 28.1 Å². The number of aromatic amines is 1. The van der Waals surface area contributed by atoms with E-state index in [-0.39, 0.29) is 18.1 Å². The summed E-state index contributed by atoms with van der Waals surface area (Å²) in [6.07, 6.45) is 3.17. The van der Waals surface area contributed by atoms with Crippen LogP contribution in [0, 0.1) is 0 Å². The molecule has 190 valence electrons. The lowest BCUT2D eigenvalue weighted by Gasteiger charge is -2.26. The van der Waals surface area contributed by atoms with E-state index in [0.717, 1.165) is 16.8 Å². The summed E-state index contributed by atoms with van der Waals surface area (Å²) in [6, 6.07) is 14.2. The van der Waals surface area contributed by atoms with E-state index < -0.39 is 0 Å². The Kier molecular flexibility index (Phi) is 5.93. The van der Waals surface area contributed by atoms with Crippen molar-refractivity contribution in [3.05, 3.63) is 93.0 Å². The molecule has 13 heteroatoms. The zero-order valence-electron chi connectivity index (χ0n) is 19.9. The van der Waals surface area contributed by atoms with Crippen molar-refractivity contribution in [3.63, 3.8) is 0 Å². The second-order valence-electron chi connectivity index (χ2n) is 8.80. The summed E-state index contributed by atoms with van der Waals surface area (Å²) < 4.78 is 3.04. The van der Waals surface area contributed by atoms with Gasteiger partial charge in [0.1, 0.15) is 12.2 Å². The quantitative estimate of drug-likeness (QED) is 0.339. The SMILES string of the molecule is CN1Cc2cc(-c3[nH]c(Cn4ccc(-c5cc(Cl)ccc5-n5cnnn5)cc4=O)nc3Cl)ccc2NC1=O. The van der Waals surface area contributed by atoms with Crippen molar-refractivity contribution in [1.82, 2.24) is 39.6 Å². The largest absolute Gasteiger partial charge is 0.339 e. The lowest BCUT2D eigenvalue weighted by molar-refractivity contribution is 0.218. The molecule has 4 heterocycles. The molecule has 5 aromatic rings. The Hall–Kier alpha value is -4.48. The molecule has 0 atom stereocenters. The van der Waals surface area contributed by atoms with E-state index >= 15 is 0 Å². The van der Waals surface area contributed by atoms with Crippen LogP contribution in [0.4, 0.5) is 10.5 Å². The molecule has 2 aromatic carbocycles. The number of urea groups is 1. The minimum atomic E-state index is -0.230. The molecule has 2 amide bonds. The van der Waals surface area contributed by atoms with Crippen LogP contribution in [0.15, 0.2) is 65.8 Å². The summed E-state index contributed by atoms with van der Waals surface area (Å²) in [5.74, 6) is 0.528. The summed E-state index contributed by atoms with van der Waals surface area (Å²) in [5, 5.41) is 15.0. The number of carbonyl (C=O) groups is 1. The van der Waals surface area contributed by atoms with Crippen LogP contribution in [0.5, 0.6) is 0 Å². The molecular formula is C25H19Cl2N9O2. The molecule has 0 spiro atoms. The van der Waals surface area contributed by atoms with E-state index in [1.165, 1.54) is 21.6 Å². The molecule has 0 radical (unpaired) electrons. The second kappa shape index (κ2) is 9.43. The third-order valence-electron chi connectivity index (χ3n) is 6.28. The Morgan fingerprint density at radius 1 is 1.03 bits per heavy atom. The Morgan fingerprint density at radius 3 is 2.68 bits per heavy atom. The van der Waals surface area contributed by atoms with Crippen LogP contribution < -0.4 is 10.9 Å². The minimum absolute atomic E-state index is 0.148. The Balaban J connectivity index is 1.28. The third kappa shape index (κ3) is 4.42. The zero-order chi connectivity index (χ0) is 26.4. The molecule has 0 saturated carbocycles. The van der Waals surface area contributed by atoms with Crippen molar-refractivity contribution in [2.45, 2.75) is 13.1 Å². The highest BCUT2D eigenvalue weighted by atomic mass is 35.5. The number of fused-ring (bicyclic) bond motifs is 1. The average Bonchev–Trinajstić information content (AvgIpc) is 3.56. The van der Waals surface area contributed by atoms with Crippen molar-refractivity contribution in [1.29, 1.82) is 0 Å². The maximum absolute atomic E-state index is 13.0. The van der Waals surface area contributed by atoms with E-state index in [2.05, 4.69) is 30.8 Å². The lowest BCUT2D eigenvalue weighted by atomic mass is 10.0.